The summed E-state index contributed by atoms with van der Waals surface area (Å²) < 4.78 is 12.8. The van der Waals surface area contributed by atoms with E-state index in [1.165, 1.54) is 4.90 Å². The van der Waals surface area contributed by atoms with Crippen LogP contribution in [-0.4, -0.2) is 70.8 Å². The van der Waals surface area contributed by atoms with Gasteiger partial charge in [0.05, 0.1) is 25.2 Å². The number of para-hydroxylation sites is 1. The lowest BCUT2D eigenvalue weighted by atomic mass is 9.73. The van der Waals surface area contributed by atoms with Crippen LogP contribution in [0.5, 0.6) is 0 Å². The van der Waals surface area contributed by atoms with E-state index in [0.717, 1.165) is 22.4 Å². The van der Waals surface area contributed by atoms with Crippen LogP contribution in [0.2, 0.25) is 0 Å². The van der Waals surface area contributed by atoms with Crippen molar-refractivity contribution < 1.29 is 29.0 Å². The van der Waals surface area contributed by atoms with Crippen molar-refractivity contribution >= 4 is 23.5 Å². The minimum absolute atomic E-state index is 0.253. The number of aliphatic hydroxyl groups excluding tert-OH is 1. The van der Waals surface area contributed by atoms with Gasteiger partial charge in [0.25, 0.3) is 5.91 Å². The lowest BCUT2D eigenvalue weighted by Crippen LogP contribution is -2.59. The van der Waals surface area contributed by atoms with Crippen molar-refractivity contribution in [1.82, 2.24) is 4.90 Å². The monoisotopic (exact) mass is 584 g/mol. The molecule has 0 radical (unpaired) electrons. The Kier molecular flexibility index (Phi) is 7.77. The molecule has 0 saturated carbocycles. The predicted molar refractivity (Wildman–Crippen MR) is 162 cm³/mol. The number of hydrogen-bond donors (Lipinski definition) is 1. The van der Waals surface area contributed by atoms with Crippen LogP contribution in [0.1, 0.15) is 42.9 Å². The van der Waals surface area contributed by atoms with Crippen LogP contribution >= 0.6 is 0 Å². The lowest BCUT2D eigenvalue weighted by molar-refractivity contribution is -0.161. The number of nitrogens with zero attached hydrogens (tertiary/aromatic N) is 2. The largest absolute Gasteiger partial charge is 0.465 e. The lowest BCUT2D eigenvalue weighted by Gasteiger charge is -2.41. The van der Waals surface area contributed by atoms with Crippen LogP contribution in [0.15, 0.2) is 72.8 Å². The maximum Gasteiger partial charge on any atom is 0.313 e. The Morgan fingerprint density at radius 3 is 2.40 bits per heavy atom. The molecule has 2 aromatic rings. The summed E-state index contributed by atoms with van der Waals surface area (Å²) in [6.45, 7) is 6.06. The van der Waals surface area contributed by atoms with Gasteiger partial charge in [0.15, 0.2) is 0 Å². The first-order chi connectivity index (χ1) is 20.8. The standard InChI is InChI=1S/C35H40N2O6/c1-4-34-17-9-6-10-20-42-33(41)28(34)27-31(39)37(26(22-38)21-25-15-7-5-8-16-25)30-32(40)36(19-12-18-35(27,30)43-34)29-23(2)13-11-14-24(29)3/h5,7-9,11-18,26-28,30,38H,4,6,10,19-22H2,1-3H3/b17-9-/t26-,27+,28+,30?,34-,35+/m1/s1. The maximum atomic E-state index is 15.0. The van der Waals surface area contributed by atoms with E-state index in [2.05, 4.69) is 0 Å². The number of amides is 2. The number of ether oxygens (including phenoxy) is 2. The molecule has 43 heavy (non-hydrogen) atoms. The molecule has 4 aliphatic rings. The highest BCUT2D eigenvalue weighted by molar-refractivity contribution is 6.06. The van der Waals surface area contributed by atoms with Crippen LogP contribution in [-0.2, 0) is 30.3 Å². The zero-order valence-electron chi connectivity index (χ0n) is 25.1. The second kappa shape index (κ2) is 11.4. The second-order valence-corrected chi connectivity index (χ2v) is 12.2. The molecule has 2 aromatic carbocycles. The normalized spacial score (nSPS) is 31.7. The van der Waals surface area contributed by atoms with Crippen molar-refractivity contribution in [3.63, 3.8) is 0 Å². The molecule has 226 valence electrons. The van der Waals surface area contributed by atoms with Gasteiger partial charge in [-0.25, -0.2) is 0 Å². The molecule has 4 aliphatic heterocycles. The Labute approximate surface area is 253 Å². The first-order valence-electron chi connectivity index (χ1n) is 15.3. The topological polar surface area (TPSA) is 96.4 Å². The number of benzene rings is 2. The van der Waals surface area contributed by atoms with E-state index in [-0.39, 0.29) is 31.6 Å². The number of allylic oxidation sites excluding steroid dienone is 1. The van der Waals surface area contributed by atoms with Gasteiger partial charge in [0.1, 0.15) is 23.2 Å². The van der Waals surface area contributed by atoms with E-state index in [0.29, 0.717) is 25.7 Å². The summed E-state index contributed by atoms with van der Waals surface area (Å²) in [5, 5.41) is 10.8. The van der Waals surface area contributed by atoms with Crippen molar-refractivity contribution in [2.45, 2.75) is 69.7 Å². The molecule has 4 heterocycles. The van der Waals surface area contributed by atoms with E-state index in [9.17, 15) is 19.5 Å². The summed E-state index contributed by atoms with van der Waals surface area (Å²) in [5.41, 5.74) is 1.06. The van der Waals surface area contributed by atoms with Crippen molar-refractivity contribution in [2.75, 3.05) is 24.7 Å². The molecule has 8 nitrogen and oxygen atoms in total. The molecule has 6 rings (SSSR count). The van der Waals surface area contributed by atoms with E-state index < -0.39 is 41.1 Å². The Balaban J connectivity index is 1.54. The van der Waals surface area contributed by atoms with Gasteiger partial charge in [-0.1, -0.05) is 79.8 Å². The minimum atomic E-state index is -1.42. The second-order valence-electron chi connectivity index (χ2n) is 12.2. The third-order valence-electron chi connectivity index (χ3n) is 9.70. The molecule has 1 N–H and O–H groups in total. The molecule has 1 spiro atoms. The summed E-state index contributed by atoms with van der Waals surface area (Å²) >= 11 is 0. The molecule has 2 amide bonds. The maximum absolute atomic E-state index is 15.0. The Morgan fingerprint density at radius 1 is 0.953 bits per heavy atom. The summed E-state index contributed by atoms with van der Waals surface area (Å²) in [5.74, 6) is -3.07. The van der Waals surface area contributed by atoms with Crippen LogP contribution in [0, 0.1) is 25.7 Å². The number of cyclic esters (lactones) is 1. The number of aryl methyl sites for hydroxylation is 2. The highest BCUT2D eigenvalue weighted by atomic mass is 16.6. The van der Waals surface area contributed by atoms with Crippen LogP contribution in [0.25, 0.3) is 0 Å². The fourth-order valence-electron chi connectivity index (χ4n) is 7.78. The number of likely N-dealkylation sites (tertiary alicyclic amines) is 1. The third kappa shape index (κ3) is 4.62. The highest BCUT2D eigenvalue weighted by Crippen LogP contribution is 2.58. The number of carbonyl (C=O) groups excluding carboxylic acids is 3. The summed E-state index contributed by atoms with van der Waals surface area (Å²) in [7, 11) is 0. The molecule has 0 aromatic heterocycles. The average molecular weight is 585 g/mol. The van der Waals surface area contributed by atoms with Crippen LogP contribution in [0.3, 0.4) is 0 Å². The predicted octanol–water partition coefficient (Wildman–Crippen LogP) is 4.06. The summed E-state index contributed by atoms with van der Waals surface area (Å²) in [6, 6.07) is 13.7. The molecule has 0 bridgehead atoms. The first kappa shape index (κ1) is 29.3. The van der Waals surface area contributed by atoms with Gasteiger partial charge in [-0.2, -0.15) is 0 Å². The molecular weight excluding hydrogens is 544 g/mol. The molecule has 8 heteroatoms. The SMILES string of the molecule is CC[C@@]12/C=C\CCCOC(=O)[C@@H]1[C@H]1C(=O)N([C@@H](CO)Cc3ccccc3)C3C(=O)N(c4c(C)cccc4C)CC=C[C@@]31O2. The Bertz CT molecular complexity index is 1450. The number of hydrogen-bond acceptors (Lipinski definition) is 6. The van der Waals surface area contributed by atoms with Gasteiger partial charge >= 0.3 is 5.97 Å². The summed E-state index contributed by atoms with van der Waals surface area (Å²) in [6.07, 6.45) is 9.83. The molecule has 0 aliphatic carbocycles. The number of anilines is 1. The Morgan fingerprint density at radius 2 is 1.70 bits per heavy atom. The van der Waals surface area contributed by atoms with E-state index in [4.69, 9.17) is 9.47 Å². The zero-order valence-corrected chi connectivity index (χ0v) is 25.1. The van der Waals surface area contributed by atoms with E-state index >= 15 is 0 Å². The quantitative estimate of drug-likeness (QED) is 0.407. The van der Waals surface area contributed by atoms with Gasteiger partial charge in [0.2, 0.25) is 5.91 Å². The van der Waals surface area contributed by atoms with Crippen molar-refractivity contribution in [3.05, 3.63) is 89.5 Å². The first-order valence-corrected chi connectivity index (χ1v) is 15.3. The third-order valence-corrected chi connectivity index (χ3v) is 9.70. The number of aliphatic hydroxyl groups is 1. The number of fused-ring (bicyclic) bond motifs is 2. The van der Waals surface area contributed by atoms with Crippen LogP contribution in [0.4, 0.5) is 5.69 Å². The van der Waals surface area contributed by atoms with Crippen molar-refractivity contribution in [1.29, 1.82) is 0 Å². The van der Waals surface area contributed by atoms with Crippen molar-refractivity contribution in [2.24, 2.45) is 11.8 Å². The van der Waals surface area contributed by atoms with Crippen molar-refractivity contribution in [3.8, 4) is 0 Å². The molecule has 6 atom stereocenters. The smallest absolute Gasteiger partial charge is 0.313 e. The van der Waals surface area contributed by atoms with E-state index in [1.807, 2.05) is 93.6 Å². The Hall–Kier alpha value is -3.75. The fourth-order valence-corrected chi connectivity index (χ4v) is 7.78. The summed E-state index contributed by atoms with van der Waals surface area (Å²) in [4.78, 5) is 46.9. The number of carbonyl (C=O) groups is 3. The van der Waals surface area contributed by atoms with Gasteiger partial charge in [-0.05, 0) is 56.2 Å². The highest BCUT2D eigenvalue weighted by Gasteiger charge is 2.76. The number of rotatable bonds is 6. The zero-order chi connectivity index (χ0) is 30.4. The minimum Gasteiger partial charge on any atom is -0.465 e. The fraction of sp³-hybridized carbons (Fsp3) is 0.457. The van der Waals surface area contributed by atoms with Gasteiger partial charge in [-0.3, -0.25) is 14.4 Å². The average Bonchev–Trinajstić information content (AvgIpc) is 3.39. The van der Waals surface area contributed by atoms with Crippen LogP contribution < -0.4 is 4.90 Å². The van der Waals surface area contributed by atoms with E-state index in [1.54, 1.807) is 4.90 Å². The van der Waals surface area contributed by atoms with Gasteiger partial charge < -0.3 is 24.4 Å². The molecule has 2 saturated heterocycles. The van der Waals surface area contributed by atoms with Gasteiger partial charge in [-0.15, -0.1) is 0 Å². The number of esters is 1. The van der Waals surface area contributed by atoms with Gasteiger partial charge in [0, 0.05) is 12.2 Å². The molecular formula is C35H40N2O6. The molecule has 2 fully saturated rings. The molecule has 1 unspecified atom stereocenters.